The Hall–Kier alpha value is -1.82. The van der Waals surface area contributed by atoms with Crippen LogP contribution in [0.25, 0.3) is 10.9 Å². The maximum absolute atomic E-state index is 11.5. The smallest absolute Gasteiger partial charge is 0.152 e. The summed E-state index contributed by atoms with van der Waals surface area (Å²) in [6, 6.07) is 7.42. The van der Waals surface area contributed by atoms with E-state index in [-0.39, 0.29) is 17.5 Å². The molecule has 3 rings (SSSR count). The van der Waals surface area contributed by atoms with Crippen LogP contribution in [0.15, 0.2) is 30.5 Å². The second kappa shape index (κ2) is 4.38. The Morgan fingerprint density at radius 3 is 2.89 bits per heavy atom. The first-order chi connectivity index (χ1) is 9.05. The van der Waals surface area contributed by atoms with Crippen LogP contribution in [0.5, 0.6) is 0 Å². The molecule has 0 bridgehead atoms. The number of hydrogen-bond donors (Lipinski definition) is 2. The van der Waals surface area contributed by atoms with Crippen molar-refractivity contribution < 1.29 is 8.42 Å². The van der Waals surface area contributed by atoms with Crippen LogP contribution in [0.3, 0.4) is 0 Å². The van der Waals surface area contributed by atoms with Crippen LogP contribution >= 0.6 is 0 Å². The maximum Gasteiger partial charge on any atom is 0.152 e. The third-order valence-corrected chi connectivity index (χ3v) is 5.16. The highest BCUT2D eigenvalue weighted by molar-refractivity contribution is 7.91. The van der Waals surface area contributed by atoms with E-state index in [4.69, 9.17) is 5.73 Å². The molecule has 6 heteroatoms. The van der Waals surface area contributed by atoms with Crippen molar-refractivity contribution in [3.05, 3.63) is 30.5 Å². The molecule has 2 heterocycles. The number of rotatable bonds is 2. The molecular formula is C13H15N3O2S. The molecule has 0 aliphatic carbocycles. The standard InChI is InChI=1S/C13H15N3O2S/c14-11-3-4-12(10-2-1-6-15-13(10)11)16-9-5-7-19(17,18)8-9/h1-4,6,9,16H,5,7-8,14H2. The van der Waals surface area contributed by atoms with Gasteiger partial charge in [-0.3, -0.25) is 4.98 Å². The largest absolute Gasteiger partial charge is 0.397 e. The lowest BCUT2D eigenvalue weighted by molar-refractivity contribution is 0.602. The van der Waals surface area contributed by atoms with E-state index in [0.29, 0.717) is 12.1 Å². The molecule has 0 radical (unpaired) electrons. The van der Waals surface area contributed by atoms with Gasteiger partial charge in [-0.15, -0.1) is 0 Å². The first-order valence-corrected chi connectivity index (χ1v) is 7.97. The van der Waals surface area contributed by atoms with E-state index in [9.17, 15) is 8.42 Å². The van der Waals surface area contributed by atoms with Gasteiger partial charge in [-0.05, 0) is 30.7 Å². The summed E-state index contributed by atoms with van der Waals surface area (Å²) < 4.78 is 23.0. The van der Waals surface area contributed by atoms with E-state index in [1.54, 1.807) is 12.3 Å². The summed E-state index contributed by atoms with van der Waals surface area (Å²) in [5.41, 5.74) is 8.15. The molecule has 0 amide bonds. The Bertz CT molecular complexity index is 728. The Morgan fingerprint density at radius 2 is 2.16 bits per heavy atom. The second-order valence-corrected chi connectivity index (χ2v) is 7.07. The van der Waals surface area contributed by atoms with Crippen LogP contribution in [0.2, 0.25) is 0 Å². The average Bonchev–Trinajstić information content (AvgIpc) is 2.73. The van der Waals surface area contributed by atoms with Gasteiger partial charge in [0, 0.05) is 23.3 Å². The highest BCUT2D eigenvalue weighted by atomic mass is 32.2. The molecule has 5 nitrogen and oxygen atoms in total. The van der Waals surface area contributed by atoms with Crippen LogP contribution in [0.4, 0.5) is 11.4 Å². The normalized spacial score (nSPS) is 21.6. The van der Waals surface area contributed by atoms with Crippen LogP contribution in [0, 0.1) is 0 Å². The van der Waals surface area contributed by atoms with E-state index in [1.807, 2.05) is 18.2 Å². The Morgan fingerprint density at radius 1 is 1.32 bits per heavy atom. The third kappa shape index (κ3) is 2.35. The van der Waals surface area contributed by atoms with E-state index in [2.05, 4.69) is 10.3 Å². The number of benzene rings is 1. The quantitative estimate of drug-likeness (QED) is 0.811. The monoisotopic (exact) mass is 277 g/mol. The first-order valence-electron chi connectivity index (χ1n) is 6.15. The van der Waals surface area contributed by atoms with Crippen molar-refractivity contribution in [1.29, 1.82) is 0 Å². The van der Waals surface area contributed by atoms with Crippen molar-refractivity contribution in [2.75, 3.05) is 22.6 Å². The van der Waals surface area contributed by atoms with E-state index >= 15 is 0 Å². The molecule has 1 fully saturated rings. The van der Waals surface area contributed by atoms with Crippen molar-refractivity contribution in [1.82, 2.24) is 4.98 Å². The molecule has 0 spiro atoms. The molecule has 3 N–H and O–H groups in total. The van der Waals surface area contributed by atoms with Crippen LogP contribution in [-0.2, 0) is 9.84 Å². The van der Waals surface area contributed by atoms with Gasteiger partial charge in [0.2, 0.25) is 0 Å². The zero-order valence-corrected chi connectivity index (χ0v) is 11.2. The first kappa shape index (κ1) is 12.2. The second-order valence-electron chi connectivity index (χ2n) is 4.85. The summed E-state index contributed by atoms with van der Waals surface area (Å²) in [6.45, 7) is 0. The lowest BCUT2D eigenvalue weighted by Gasteiger charge is -2.15. The number of nitrogens with one attached hydrogen (secondary N) is 1. The maximum atomic E-state index is 11.5. The van der Waals surface area contributed by atoms with Gasteiger partial charge < -0.3 is 11.1 Å². The minimum absolute atomic E-state index is 0.0305. The van der Waals surface area contributed by atoms with Crippen molar-refractivity contribution >= 4 is 32.1 Å². The number of nitrogens with zero attached hydrogens (tertiary/aromatic N) is 1. The highest BCUT2D eigenvalue weighted by Crippen LogP contribution is 2.28. The summed E-state index contributed by atoms with van der Waals surface area (Å²) in [4.78, 5) is 4.26. The molecule has 2 aromatic rings. The average molecular weight is 277 g/mol. The van der Waals surface area contributed by atoms with Gasteiger partial charge in [-0.1, -0.05) is 0 Å². The van der Waals surface area contributed by atoms with Crippen molar-refractivity contribution in [3.63, 3.8) is 0 Å². The van der Waals surface area contributed by atoms with E-state index in [1.165, 1.54) is 0 Å². The lowest BCUT2D eigenvalue weighted by Crippen LogP contribution is -2.20. The number of nitrogen functional groups attached to an aromatic ring is 1. The topological polar surface area (TPSA) is 85.1 Å². The molecule has 1 saturated heterocycles. The Kier molecular flexibility index (Phi) is 2.82. The van der Waals surface area contributed by atoms with Crippen molar-refractivity contribution in [3.8, 4) is 0 Å². The SMILES string of the molecule is Nc1ccc(NC2CCS(=O)(=O)C2)c2cccnc12. The van der Waals surface area contributed by atoms with Crippen molar-refractivity contribution in [2.24, 2.45) is 0 Å². The lowest BCUT2D eigenvalue weighted by atomic mass is 10.1. The van der Waals surface area contributed by atoms with Gasteiger partial charge in [0.25, 0.3) is 0 Å². The number of sulfone groups is 1. The minimum atomic E-state index is -2.88. The van der Waals surface area contributed by atoms with Crippen LogP contribution < -0.4 is 11.1 Å². The number of anilines is 2. The fraction of sp³-hybridized carbons (Fsp3) is 0.308. The van der Waals surface area contributed by atoms with Crippen molar-refractivity contribution in [2.45, 2.75) is 12.5 Å². The molecule has 19 heavy (non-hydrogen) atoms. The molecule has 1 aliphatic rings. The number of hydrogen-bond acceptors (Lipinski definition) is 5. The summed E-state index contributed by atoms with van der Waals surface area (Å²) in [5.74, 6) is 0.453. The Labute approximate surface area is 111 Å². The number of nitrogens with two attached hydrogens (primary N) is 1. The highest BCUT2D eigenvalue weighted by Gasteiger charge is 2.27. The minimum Gasteiger partial charge on any atom is -0.397 e. The number of aromatic nitrogens is 1. The predicted octanol–water partition coefficient (Wildman–Crippen LogP) is 1.42. The van der Waals surface area contributed by atoms with E-state index < -0.39 is 9.84 Å². The molecule has 1 atom stereocenters. The predicted molar refractivity (Wildman–Crippen MR) is 76.8 cm³/mol. The summed E-state index contributed by atoms with van der Waals surface area (Å²) >= 11 is 0. The molecule has 100 valence electrons. The van der Waals surface area contributed by atoms with Gasteiger partial charge in [0.15, 0.2) is 9.84 Å². The number of fused-ring (bicyclic) bond motifs is 1. The Balaban J connectivity index is 1.96. The van der Waals surface area contributed by atoms with Gasteiger partial charge in [-0.2, -0.15) is 0 Å². The summed E-state index contributed by atoms with van der Waals surface area (Å²) in [7, 11) is -2.88. The molecule has 1 aliphatic heterocycles. The fourth-order valence-corrected chi connectivity index (χ4v) is 4.12. The van der Waals surface area contributed by atoms with E-state index in [0.717, 1.165) is 16.6 Å². The third-order valence-electron chi connectivity index (χ3n) is 3.39. The van der Waals surface area contributed by atoms with Gasteiger partial charge in [-0.25, -0.2) is 8.42 Å². The van der Waals surface area contributed by atoms with Gasteiger partial charge in [0.1, 0.15) is 0 Å². The molecule has 0 saturated carbocycles. The summed E-state index contributed by atoms with van der Waals surface area (Å²) in [5, 5.41) is 4.21. The zero-order valence-electron chi connectivity index (χ0n) is 10.3. The molecule has 1 aromatic heterocycles. The molecular weight excluding hydrogens is 262 g/mol. The van der Waals surface area contributed by atoms with Gasteiger partial charge >= 0.3 is 0 Å². The summed E-state index contributed by atoms with van der Waals surface area (Å²) in [6.07, 6.45) is 2.34. The van der Waals surface area contributed by atoms with Crippen LogP contribution in [0.1, 0.15) is 6.42 Å². The zero-order chi connectivity index (χ0) is 13.5. The number of pyridine rings is 1. The van der Waals surface area contributed by atoms with Crippen LogP contribution in [-0.4, -0.2) is 30.9 Å². The molecule has 1 unspecified atom stereocenters. The van der Waals surface area contributed by atoms with Gasteiger partial charge in [0.05, 0.1) is 22.7 Å². The fourth-order valence-electron chi connectivity index (χ4n) is 2.45. The molecule has 1 aromatic carbocycles.